The molecule has 0 aliphatic heterocycles. The Balaban J connectivity index is 2.06. The molecule has 1 atom stereocenters. The summed E-state index contributed by atoms with van der Waals surface area (Å²) in [5.74, 6) is -0.410. The normalized spacial score (nSPS) is 12.0. The van der Waals surface area contributed by atoms with Crippen LogP contribution in [-0.2, 0) is 11.2 Å². The van der Waals surface area contributed by atoms with Crippen molar-refractivity contribution < 1.29 is 18.8 Å². The van der Waals surface area contributed by atoms with Crippen molar-refractivity contribution in [2.45, 2.75) is 12.5 Å². The van der Waals surface area contributed by atoms with Crippen molar-refractivity contribution in [3.63, 3.8) is 0 Å². The lowest BCUT2D eigenvalue weighted by Crippen LogP contribution is -3.06. The van der Waals surface area contributed by atoms with Gasteiger partial charge in [0.25, 0.3) is 0 Å². The lowest BCUT2D eigenvalue weighted by Gasteiger charge is -2.21. The number of hydrogen-bond acceptors (Lipinski definition) is 2. The lowest BCUT2D eigenvalue weighted by atomic mass is 10.1. The van der Waals surface area contributed by atoms with Crippen LogP contribution in [0.5, 0.6) is 5.75 Å². The van der Waals surface area contributed by atoms with E-state index in [-0.39, 0.29) is 24.1 Å². The molecule has 0 radical (unpaired) electrons. The fourth-order valence-corrected chi connectivity index (χ4v) is 2.60. The molecular weight excluding hydrogens is 307 g/mol. The molecule has 0 aromatic heterocycles. The van der Waals surface area contributed by atoms with Gasteiger partial charge in [-0.1, -0.05) is 36.4 Å². The summed E-state index contributed by atoms with van der Waals surface area (Å²) < 4.78 is 18.6. The van der Waals surface area contributed by atoms with Crippen molar-refractivity contribution >= 4 is 5.91 Å². The first kappa shape index (κ1) is 17.9. The molecular formula is C19H24FN2O2+. The largest absolute Gasteiger partial charge is 0.494 e. The Morgan fingerprint density at radius 1 is 1.21 bits per heavy atom. The van der Waals surface area contributed by atoms with Gasteiger partial charge >= 0.3 is 0 Å². The molecule has 0 bridgehead atoms. The first-order valence-corrected chi connectivity index (χ1v) is 7.95. The van der Waals surface area contributed by atoms with Gasteiger partial charge in [0.2, 0.25) is 5.91 Å². The second-order valence-electron chi connectivity index (χ2n) is 6.09. The number of benzene rings is 2. The Bertz CT molecular complexity index is 674. The summed E-state index contributed by atoms with van der Waals surface area (Å²) >= 11 is 0. The SMILES string of the molecule is COc1ccc(CC(=O)N[C@H](C[NH+](C)C)c2ccccc2)cc1F. The number of likely N-dealkylation sites (N-methyl/N-ethyl adjacent to an activating group) is 1. The Hall–Kier alpha value is -2.40. The quantitative estimate of drug-likeness (QED) is 0.805. The van der Waals surface area contributed by atoms with E-state index in [1.165, 1.54) is 24.1 Å². The first-order valence-electron chi connectivity index (χ1n) is 7.95. The summed E-state index contributed by atoms with van der Waals surface area (Å²) in [5.41, 5.74) is 1.68. The molecule has 5 heteroatoms. The monoisotopic (exact) mass is 331 g/mol. The molecule has 2 aromatic rings. The average molecular weight is 331 g/mol. The van der Waals surface area contributed by atoms with Crippen LogP contribution in [0.15, 0.2) is 48.5 Å². The summed E-state index contributed by atoms with van der Waals surface area (Å²) in [6, 6.07) is 14.4. The molecule has 128 valence electrons. The van der Waals surface area contributed by atoms with Crippen LogP contribution in [0.3, 0.4) is 0 Å². The predicted molar refractivity (Wildman–Crippen MR) is 91.7 cm³/mol. The van der Waals surface area contributed by atoms with Crippen molar-refractivity contribution in [3.8, 4) is 5.75 Å². The molecule has 0 aliphatic rings. The van der Waals surface area contributed by atoms with Gasteiger partial charge in [-0.05, 0) is 23.3 Å². The van der Waals surface area contributed by atoms with E-state index >= 15 is 0 Å². The molecule has 4 nitrogen and oxygen atoms in total. The third kappa shape index (κ3) is 5.06. The summed E-state index contributed by atoms with van der Waals surface area (Å²) in [5, 5.41) is 3.05. The molecule has 0 spiro atoms. The topological polar surface area (TPSA) is 42.8 Å². The zero-order chi connectivity index (χ0) is 17.5. The van der Waals surface area contributed by atoms with Crippen molar-refractivity contribution in [1.82, 2.24) is 5.32 Å². The van der Waals surface area contributed by atoms with E-state index < -0.39 is 5.82 Å². The van der Waals surface area contributed by atoms with E-state index in [1.807, 2.05) is 44.4 Å². The van der Waals surface area contributed by atoms with Gasteiger partial charge in [-0.25, -0.2) is 4.39 Å². The van der Waals surface area contributed by atoms with Gasteiger partial charge in [-0.2, -0.15) is 0 Å². The average Bonchev–Trinajstić information content (AvgIpc) is 2.55. The molecule has 2 N–H and O–H groups in total. The Morgan fingerprint density at radius 2 is 1.92 bits per heavy atom. The van der Waals surface area contributed by atoms with Crippen LogP contribution in [0.2, 0.25) is 0 Å². The van der Waals surface area contributed by atoms with Crippen molar-refractivity contribution in [2.24, 2.45) is 0 Å². The lowest BCUT2D eigenvalue weighted by molar-refractivity contribution is -0.860. The molecule has 2 rings (SSSR count). The number of hydrogen-bond donors (Lipinski definition) is 2. The van der Waals surface area contributed by atoms with Crippen LogP contribution in [-0.4, -0.2) is 33.7 Å². The van der Waals surface area contributed by atoms with Crippen LogP contribution < -0.4 is 15.0 Å². The smallest absolute Gasteiger partial charge is 0.225 e. The van der Waals surface area contributed by atoms with Gasteiger partial charge in [-0.3, -0.25) is 4.79 Å². The number of ether oxygens (including phenoxy) is 1. The third-order valence-corrected chi connectivity index (χ3v) is 3.73. The number of nitrogens with one attached hydrogen (secondary N) is 2. The maximum Gasteiger partial charge on any atom is 0.225 e. The summed E-state index contributed by atoms with van der Waals surface area (Å²) in [6.45, 7) is 0.771. The molecule has 1 amide bonds. The number of rotatable bonds is 7. The number of amides is 1. The Labute approximate surface area is 142 Å². The van der Waals surface area contributed by atoms with Crippen LogP contribution in [0.25, 0.3) is 0 Å². The second-order valence-corrected chi connectivity index (χ2v) is 6.09. The highest BCUT2D eigenvalue weighted by molar-refractivity contribution is 5.79. The van der Waals surface area contributed by atoms with Gasteiger partial charge in [0.1, 0.15) is 12.6 Å². The molecule has 0 heterocycles. The van der Waals surface area contributed by atoms with Gasteiger partial charge in [0.15, 0.2) is 11.6 Å². The number of carbonyl (C=O) groups is 1. The highest BCUT2D eigenvalue weighted by Gasteiger charge is 2.18. The van der Waals surface area contributed by atoms with Crippen LogP contribution in [0.4, 0.5) is 4.39 Å². The molecule has 24 heavy (non-hydrogen) atoms. The maximum atomic E-state index is 13.7. The van der Waals surface area contributed by atoms with Crippen molar-refractivity contribution in [2.75, 3.05) is 27.7 Å². The molecule has 0 saturated heterocycles. The zero-order valence-corrected chi connectivity index (χ0v) is 14.3. The molecule has 2 aromatic carbocycles. The summed E-state index contributed by atoms with van der Waals surface area (Å²) in [4.78, 5) is 13.6. The van der Waals surface area contributed by atoms with Gasteiger partial charge in [-0.15, -0.1) is 0 Å². The molecule has 0 unspecified atom stereocenters. The number of methoxy groups -OCH3 is 1. The van der Waals surface area contributed by atoms with E-state index in [9.17, 15) is 9.18 Å². The fourth-order valence-electron chi connectivity index (χ4n) is 2.60. The predicted octanol–water partition coefficient (Wildman–Crippen LogP) is 1.38. The first-order chi connectivity index (χ1) is 11.5. The zero-order valence-electron chi connectivity index (χ0n) is 14.3. The molecule has 0 fully saturated rings. The second kappa shape index (κ2) is 8.45. The molecule has 0 saturated carbocycles. The summed E-state index contributed by atoms with van der Waals surface area (Å²) in [6.07, 6.45) is 0.132. The fraction of sp³-hybridized carbons (Fsp3) is 0.316. The van der Waals surface area contributed by atoms with Crippen molar-refractivity contribution in [3.05, 3.63) is 65.5 Å². The Kier molecular flexibility index (Phi) is 6.32. The van der Waals surface area contributed by atoms with Gasteiger partial charge in [0, 0.05) is 0 Å². The summed E-state index contributed by atoms with van der Waals surface area (Å²) in [7, 11) is 5.50. The maximum absolute atomic E-state index is 13.7. The highest BCUT2D eigenvalue weighted by atomic mass is 19.1. The minimum absolute atomic E-state index is 0.0770. The molecule has 0 aliphatic carbocycles. The minimum Gasteiger partial charge on any atom is -0.494 e. The number of halogens is 1. The van der Waals surface area contributed by atoms with Crippen LogP contribution >= 0.6 is 0 Å². The minimum atomic E-state index is -0.458. The van der Waals surface area contributed by atoms with E-state index in [4.69, 9.17) is 4.74 Å². The van der Waals surface area contributed by atoms with Crippen molar-refractivity contribution in [1.29, 1.82) is 0 Å². The Morgan fingerprint density at radius 3 is 2.50 bits per heavy atom. The van der Waals surface area contributed by atoms with E-state index in [0.29, 0.717) is 5.56 Å². The van der Waals surface area contributed by atoms with E-state index in [2.05, 4.69) is 5.32 Å². The van der Waals surface area contributed by atoms with E-state index in [1.54, 1.807) is 6.07 Å². The van der Waals surface area contributed by atoms with Crippen LogP contribution in [0, 0.1) is 5.82 Å². The van der Waals surface area contributed by atoms with E-state index in [0.717, 1.165) is 12.1 Å². The van der Waals surface area contributed by atoms with Crippen LogP contribution in [0.1, 0.15) is 17.2 Å². The highest BCUT2D eigenvalue weighted by Crippen LogP contribution is 2.18. The number of quaternary nitrogens is 1. The van der Waals surface area contributed by atoms with Gasteiger partial charge in [0.05, 0.1) is 27.6 Å². The third-order valence-electron chi connectivity index (χ3n) is 3.73. The standard InChI is InChI=1S/C19H23FN2O2/c1-22(2)13-17(15-7-5-4-6-8-15)21-19(23)12-14-9-10-18(24-3)16(20)11-14/h4-11,17H,12-13H2,1-3H3,(H,21,23)/p+1/t17-/m1/s1. The van der Waals surface area contributed by atoms with Gasteiger partial charge < -0.3 is 15.0 Å². The number of carbonyl (C=O) groups excluding carboxylic acids is 1.